The van der Waals surface area contributed by atoms with Gasteiger partial charge in [-0.15, -0.1) is 0 Å². The lowest BCUT2D eigenvalue weighted by atomic mass is 10.1. The average molecular weight is 354 g/mol. The third-order valence-electron chi connectivity index (χ3n) is 4.18. The Hall–Kier alpha value is -2.89. The first-order valence-electron chi connectivity index (χ1n) is 8.72. The highest BCUT2D eigenvalue weighted by molar-refractivity contribution is 5.94. The number of nitrogens with one attached hydrogen (secondary N) is 2. The average Bonchev–Trinajstić information content (AvgIpc) is 2.65. The number of anilines is 2. The smallest absolute Gasteiger partial charge is 0.253 e. The lowest BCUT2D eigenvalue weighted by Crippen LogP contribution is -2.23. The van der Waals surface area contributed by atoms with Crippen molar-refractivity contribution in [2.75, 3.05) is 24.3 Å². The minimum Gasteiger partial charge on any atom is -0.363 e. The molecule has 0 aliphatic rings. The zero-order valence-electron chi connectivity index (χ0n) is 15.7. The van der Waals surface area contributed by atoms with Crippen LogP contribution in [0, 0.1) is 5.92 Å². The fourth-order valence-corrected chi connectivity index (χ4v) is 2.28. The van der Waals surface area contributed by atoms with Gasteiger partial charge in [-0.3, -0.25) is 9.59 Å². The summed E-state index contributed by atoms with van der Waals surface area (Å²) in [5, 5.41) is 5.78. The standard InChI is InChI=1S/C20H26N4O2/c1-5-14(2)19(25)23-17-8-6-7-15(11-17)12-22-20(26)16-9-10-18(21-13-16)24(3)4/h6-11,13-14H,5,12H2,1-4H3,(H,22,26)(H,23,25). The maximum atomic E-state index is 12.3. The molecule has 2 aromatic rings. The number of nitrogens with zero attached hydrogens (tertiary/aromatic N) is 2. The third kappa shape index (κ3) is 5.31. The quantitative estimate of drug-likeness (QED) is 0.801. The first kappa shape index (κ1) is 19.4. The van der Waals surface area contributed by atoms with Crippen LogP contribution in [0.15, 0.2) is 42.6 Å². The van der Waals surface area contributed by atoms with E-state index in [4.69, 9.17) is 0 Å². The number of carbonyl (C=O) groups excluding carboxylic acids is 2. The van der Waals surface area contributed by atoms with Crippen molar-refractivity contribution < 1.29 is 9.59 Å². The van der Waals surface area contributed by atoms with Crippen molar-refractivity contribution in [2.24, 2.45) is 5.92 Å². The Balaban J connectivity index is 1.95. The minimum atomic E-state index is -0.183. The molecule has 1 aromatic heterocycles. The van der Waals surface area contributed by atoms with E-state index in [1.54, 1.807) is 18.3 Å². The Kier molecular flexibility index (Phi) is 6.72. The molecule has 0 bridgehead atoms. The number of pyridine rings is 1. The fraction of sp³-hybridized carbons (Fsp3) is 0.350. The van der Waals surface area contributed by atoms with Crippen LogP contribution in [0.25, 0.3) is 0 Å². The van der Waals surface area contributed by atoms with E-state index in [1.807, 2.05) is 57.1 Å². The molecule has 0 saturated carbocycles. The summed E-state index contributed by atoms with van der Waals surface area (Å²) in [6, 6.07) is 11.0. The Morgan fingerprint density at radius 3 is 2.58 bits per heavy atom. The topological polar surface area (TPSA) is 74.3 Å². The fourth-order valence-electron chi connectivity index (χ4n) is 2.28. The zero-order chi connectivity index (χ0) is 19.1. The Morgan fingerprint density at radius 1 is 1.19 bits per heavy atom. The van der Waals surface area contributed by atoms with Crippen LogP contribution in [-0.4, -0.2) is 30.9 Å². The van der Waals surface area contributed by atoms with Crippen LogP contribution < -0.4 is 15.5 Å². The van der Waals surface area contributed by atoms with Gasteiger partial charge in [0.1, 0.15) is 5.82 Å². The van der Waals surface area contributed by atoms with Crippen LogP contribution in [0.4, 0.5) is 11.5 Å². The van der Waals surface area contributed by atoms with Gasteiger partial charge >= 0.3 is 0 Å². The molecule has 6 heteroatoms. The van der Waals surface area contributed by atoms with Crippen molar-refractivity contribution in [3.63, 3.8) is 0 Å². The molecule has 2 rings (SSSR count). The van der Waals surface area contributed by atoms with Crippen LogP contribution >= 0.6 is 0 Å². The number of benzene rings is 1. The summed E-state index contributed by atoms with van der Waals surface area (Å²) in [6.07, 6.45) is 2.36. The second-order valence-electron chi connectivity index (χ2n) is 6.48. The molecule has 0 spiro atoms. The molecule has 1 aromatic carbocycles. The summed E-state index contributed by atoms with van der Waals surface area (Å²) in [6.45, 7) is 4.26. The van der Waals surface area contributed by atoms with Crippen LogP contribution in [0.3, 0.4) is 0 Å². The molecule has 1 unspecified atom stereocenters. The van der Waals surface area contributed by atoms with Crippen molar-refractivity contribution in [1.82, 2.24) is 10.3 Å². The molecule has 0 saturated heterocycles. The summed E-state index contributed by atoms with van der Waals surface area (Å²) in [5.74, 6) is 0.583. The third-order valence-corrected chi connectivity index (χ3v) is 4.18. The lowest BCUT2D eigenvalue weighted by molar-refractivity contribution is -0.119. The molecule has 138 valence electrons. The van der Waals surface area contributed by atoms with E-state index in [0.717, 1.165) is 23.5 Å². The van der Waals surface area contributed by atoms with E-state index in [2.05, 4.69) is 15.6 Å². The molecule has 2 N–H and O–H groups in total. The van der Waals surface area contributed by atoms with Gasteiger partial charge in [0.05, 0.1) is 5.56 Å². The number of rotatable bonds is 7. The number of carbonyl (C=O) groups is 2. The van der Waals surface area contributed by atoms with Gasteiger partial charge in [0.2, 0.25) is 5.91 Å². The van der Waals surface area contributed by atoms with E-state index < -0.39 is 0 Å². The monoisotopic (exact) mass is 354 g/mol. The van der Waals surface area contributed by atoms with E-state index in [0.29, 0.717) is 12.1 Å². The van der Waals surface area contributed by atoms with E-state index >= 15 is 0 Å². The summed E-state index contributed by atoms with van der Waals surface area (Å²) < 4.78 is 0. The molecule has 0 aliphatic heterocycles. The van der Waals surface area contributed by atoms with E-state index in [-0.39, 0.29) is 17.7 Å². The second kappa shape index (κ2) is 8.99. The number of aromatic nitrogens is 1. The van der Waals surface area contributed by atoms with Gasteiger partial charge in [-0.2, -0.15) is 0 Å². The summed E-state index contributed by atoms with van der Waals surface area (Å²) in [4.78, 5) is 30.4. The largest absolute Gasteiger partial charge is 0.363 e. The highest BCUT2D eigenvalue weighted by Crippen LogP contribution is 2.13. The van der Waals surface area contributed by atoms with Gasteiger partial charge < -0.3 is 15.5 Å². The molecule has 1 atom stereocenters. The van der Waals surface area contributed by atoms with Crippen molar-refractivity contribution >= 4 is 23.3 Å². The summed E-state index contributed by atoms with van der Waals surface area (Å²) in [7, 11) is 3.80. The van der Waals surface area contributed by atoms with Gasteiger partial charge in [0.15, 0.2) is 0 Å². The molecule has 1 heterocycles. The Labute approximate surface area is 154 Å². The maximum absolute atomic E-state index is 12.3. The van der Waals surface area contributed by atoms with E-state index in [1.165, 1.54) is 0 Å². The molecule has 0 aliphatic carbocycles. The first-order chi connectivity index (χ1) is 12.4. The second-order valence-corrected chi connectivity index (χ2v) is 6.48. The van der Waals surface area contributed by atoms with Crippen LogP contribution in [-0.2, 0) is 11.3 Å². The van der Waals surface area contributed by atoms with Crippen molar-refractivity contribution in [2.45, 2.75) is 26.8 Å². The zero-order valence-corrected chi connectivity index (χ0v) is 15.7. The SMILES string of the molecule is CCC(C)C(=O)Nc1cccc(CNC(=O)c2ccc(N(C)C)nc2)c1. The molecule has 26 heavy (non-hydrogen) atoms. The van der Waals surface area contributed by atoms with Crippen LogP contribution in [0.5, 0.6) is 0 Å². The molecular formula is C20H26N4O2. The van der Waals surface area contributed by atoms with Crippen molar-refractivity contribution in [3.8, 4) is 0 Å². The van der Waals surface area contributed by atoms with Gasteiger partial charge in [0.25, 0.3) is 5.91 Å². The lowest BCUT2D eigenvalue weighted by Gasteiger charge is -2.12. The maximum Gasteiger partial charge on any atom is 0.253 e. The number of hydrogen-bond donors (Lipinski definition) is 2. The predicted octanol–water partition coefficient (Wildman–Crippen LogP) is 3.06. The van der Waals surface area contributed by atoms with Crippen molar-refractivity contribution in [1.29, 1.82) is 0 Å². The highest BCUT2D eigenvalue weighted by Gasteiger charge is 2.11. The number of hydrogen-bond acceptors (Lipinski definition) is 4. The van der Waals surface area contributed by atoms with Gasteiger partial charge in [0, 0.05) is 38.4 Å². The summed E-state index contributed by atoms with van der Waals surface area (Å²) in [5.41, 5.74) is 2.16. The normalized spacial score (nSPS) is 11.5. The molecule has 2 amide bonds. The highest BCUT2D eigenvalue weighted by atomic mass is 16.2. The summed E-state index contributed by atoms with van der Waals surface area (Å²) >= 11 is 0. The predicted molar refractivity (Wildman–Crippen MR) is 104 cm³/mol. The van der Waals surface area contributed by atoms with E-state index in [9.17, 15) is 9.59 Å². The van der Waals surface area contributed by atoms with Gasteiger partial charge in [-0.1, -0.05) is 26.0 Å². The van der Waals surface area contributed by atoms with Gasteiger partial charge in [-0.25, -0.2) is 4.98 Å². The Bertz CT molecular complexity index is 757. The molecule has 0 radical (unpaired) electrons. The van der Waals surface area contributed by atoms with Gasteiger partial charge in [-0.05, 0) is 36.2 Å². The molecular weight excluding hydrogens is 328 g/mol. The minimum absolute atomic E-state index is 0.000687. The number of amides is 2. The van der Waals surface area contributed by atoms with Crippen LogP contribution in [0.1, 0.15) is 36.2 Å². The Morgan fingerprint density at radius 2 is 1.96 bits per heavy atom. The molecule has 6 nitrogen and oxygen atoms in total. The first-order valence-corrected chi connectivity index (χ1v) is 8.72. The van der Waals surface area contributed by atoms with Crippen LogP contribution in [0.2, 0.25) is 0 Å². The molecule has 0 fully saturated rings. The van der Waals surface area contributed by atoms with Crippen molar-refractivity contribution in [3.05, 3.63) is 53.7 Å².